The number of carbonyl (C=O) groups excluding carboxylic acids is 1. The number of urea groups is 1. The fraction of sp³-hybridized carbons (Fsp3) is 0.500. The van der Waals surface area contributed by atoms with E-state index >= 15 is 0 Å². The molecule has 0 aliphatic carbocycles. The third kappa shape index (κ3) is 4.04. The molecule has 2 amide bonds. The van der Waals surface area contributed by atoms with E-state index in [1.807, 2.05) is 25.5 Å². The van der Waals surface area contributed by atoms with Gasteiger partial charge >= 0.3 is 6.03 Å². The summed E-state index contributed by atoms with van der Waals surface area (Å²) in [6.07, 6.45) is 4.66. The summed E-state index contributed by atoms with van der Waals surface area (Å²) in [6.45, 7) is 6.17. The highest BCUT2D eigenvalue weighted by molar-refractivity contribution is 7.13. The van der Waals surface area contributed by atoms with Crippen molar-refractivity contribution in [1.29, 1.82) is 0 Å². The highest BCUT2D eigenvalue weighted by Gasteiger charge is 2.13. The minimum Gasteiger partial charge on any atom is -0.331 e. The molecule has 6 nitrogen and oxygen atoms in total. The van der Waals surface area contributed by atoms with Crippen LogP contribution in [0.15, 0.2) is 17.8 Å². The van der Waals surface area contributed by atoms with Crippen LogP contribution < -0.4 is 10.6 Å². The van der Waals surface area contributed by atoms with Crippen LogP contribution in [0.25, 0.3) is 0 Å². The summed E-state index contributed by atoms with van der Waals surface area (Å²) < 4.78 is 1.71. The molecule has 0 aromatic carbocycles. The Morgan fingerprint density at radius 2 is 2.24 bits per heavy atom. The van der Waals surface area contributed by atoms with E-state index in [1.54, 1.807) is 10.9 Å². The molecule has 114 valence electrons. The van der Waals surface area contributed by atoms with Gasteiger partial charge in [0.1, 0.15) is 0 Å². The molecule has 7 heteroatoms. The molecule has 0 bridgehead atoms. The maximum Gasteiger partial charge on any atom is 0.321 e. The number of thiazole rings is 1. The van der Waals surface area contributed by atoms with E-state index in [4.69, 9.17) is 0 Å². The van der Waals surface area contributed by atoms with E-state index in [2.05, 4.69) is 34.6 Å². The average molecular weight is 307 g/mol. The maximum absolute atomic E-state index is 12.0. The van der Waals surface area contributed by atoms with Gasteiger partial charge in [0.25, 0.3) is 0 Å². The molecular weight excluding hydrogens is 286 g/mol. The number of carbonyl (C=O) groups is 1. The first-order chi connectivity index (χ1) is 9.99. The minimum atomic E-state index is -0.253. The van der Waals surface area contributed by atoms with Crippen molar-refractivity contribution in [2.45, 2.75) is 39.2 Å². The quantitative estimate of drug-likeness (QED) is 0.890. The van der Waals surface area contributed by atoms with Gasteiger partial charge in [-0.3, -0.25) is 10.00 Å². The summed E-state index contributed by atoms with van der Waals surface area (Å²) in [4.78, 5) is 16.4. The molecule has 2 heterocycles. The smallest absolute Gasteiger partial charge is 0.321 e. The standard InChI is InChI=1S/C14H21N5OS/c1-5-9(2)12-8-21-14(17-12)18-13(20)16-10(3)11-6-15-19(4)7-11/h6-10H,5H2,1-4H3,(H2,16,17,18,20)/t9-,10-/m1/s1. The van der Waals surface area contributed by atoms with Gasteiger partial charge in [-0.15, -0.1) is 11.3 Å². The van der Waals surface area contributed by atoms with Crippen LogP contribution in [0.5, 0.6) is 0 Å². The number of aromatic nitrogens is 3. The van der Waals surface area contributed by atoms with Crippen LogP contribution >= 0.6 is 11.3 Å². The molecule has 0 fully saturated rings. The van der Waals surface area contributed by atoms with Gasteiger partial charge in [-0.05, 0) is 19.3 Å². The number of nitrogens with zero attached hydrogens (tertiary/aromatic N) is 3. The monoisotopic (exact) mass is 307 g/mol. The van der Waals surface area contributed by atoms with Crippen molar-refractivity contribution in [1.82, 2.24) is 20.1 Å². The van der Waals surface area contributed by atoms with Gasteiger partial charge in [-0.2, -0.15) is 5.10 Å². The molecule has 2 aromatic rings. The number of nitrogens with one attached hydrogen (secondary N) is 2. The Morgan fingerprint density at radius 1 is 1.48 bits per heavy atom. The SMILES string of the molecule is CC[C@@H](C)c1csc(NC(=O)N[C@H](C)c2cnn(C)c2)n1. The maximum atomic E-state index is 12.0. The number of hydrogen-bond acceptors (Lipinski definition) is 4. The average Bonchev–Trinajstić information content (AvgIpc) is 3.07. The molecule has 2 aromatic heterocycles. The van der Waals surface area contributed by atoms with Crippen molar-refractivity contribution in [2.75, 3.05) is 5.32 Å². The van der Waals surface area contributed by atoms with Crippen LogP contribution in [-0.4, -0.2) is 20.8 Å². The Kier molecular flexibility index (Phi) is 4.95. The van der Waals surface area contributed by atoms with Gasteiger partial charge < -0.3 is 5.32 Å². The lowest BCUT2D eigenvalue weighted by Gasteiger charge is -2.11. The molecule has 0 spiro atoms. The van der Waals surface area contributed by atoms with E-state index in [1.165, 1.54) is 11.3 Å². The van der Waals surface area contributed by atoms with E-state index in [-0.39, 0.29) is 12.1 Å². The molecule has 2 rings (SSSR count). The molecule has 2 atom stereocenters. The van der Waals surface area contributed by atoms with Gasteiger partial charge in [0, 0.05) is 24.2 Å². The highest BCUT2D eigenvalue weighted by Crippen LogP contribution is 2.23. The lowest BCUT2D eigenvalue weighted by atomic mass is 10.1. The summed E-state index contributed by atoms with van der Waals surface area (Å²) in [6, 6.07) is -0.357. The molecule has 0 unspecified atom stereocenters. The van der Waals surface area contributed by atoms with E-state index < -0.39 is 0 Å². The zero-order valence-electron chi connectivity index (χ0n) is 12.8. The first kappa shape index (κ1) is 15.5. The topological polar surface area (TPSA) is 71.8 Å². The van der Waals surface area contributed by atoms with Crippen LogP contribution in [0.4, 0.5) is 9.93 Å². The van der Waals surface area contributed by atoms with E-state index in [0.717, 1.165) is 17.7 Å². The second kappa shape index (κ2) is 6.71. The van der Waals surface area contributed by atoms with Gasteiger partial charge in [0.05, 0.1) is 17.9 Å². The second-order valence-corrected chi connectivity index (χ2v) is 6.01. The van der Waals surface area contributed by atoms with Gasteiger partial charge in [0.15, 0.2) is 5.13 Å². The van der Waals surface area contributed by atoms with Crippen molar-refractivity contribution in [3.8, 4) is 0 Å². The highest BCUT2D eigenvalue weighted by atomic mass is 32.1. The molecule has 21 heavy (non-hydrogen) atoms. The normalized spacial score (nSPS) is 13.7. The number of amides is 2. The molecule has 0 aliphatic rings. The van der Waals surface area contributed by atoms with Crippen LogP contribution in [-0.2, 0) is 7.05 Å². The largest absolute Gasteiger partial charge is 0.331 e. The first-order valence-corrected chi connectivity index (χ1v) is 7.89. The molecule has 0 saturated heterocycles. The molecule has 2 N–H and O–H groups in total. The Morgan fingerprint density at radius 3 is 2.86 bits per heavy atom. The number of rotatable bonds is 5. The summed E-state index contributed by atoms with van der Waals surface area (Å²) in [5, 5.41) is 12.4. The lowest BCUT2D eigenvalue weighted by molar-refractivity contribution is 0.249. The summed E-state index contributed by atoms with van der Waals surface area (Å²) >= 11 is 1.45. The van der Waals surface area contributed by atoms with Gasteiger partial charge in [0.2, 0.25) is 0 Å². The molecule has 0 saturated carbocycles. The third-order valence-electron chi connectivity index (χ3n) is 3.43. The van der Waals surface area contributed by atoms with Crippen molar-refractivity contribution in [3.63, 3.8) is 0 Å². The number of hydrogen-bond donors (Lipinski definition) is 2. The van der Waals surface area contributed by atoms with Crippen molar-refractivity contribution >= 4 is 22.5 Å². The third-order valence-corrected chi connectivity index (χ3v) is 4.21. The van der Waals surface area contributed by atoms with E-state index in [0.29, 0.717) is 11.0 Å². The minimum absolute atomic E-state index is 0.104. The van der Waals surface area contributed by atoms with Crippen molar-refractivity contribution in [3.05, 3.63) is 29.0 Å². The Balaban J connectivity index is 1.91. The first-order valence-electron chi connectivity index (χ1n) is 7.01. The lowest BCUT2D eigenvalue weighted by Crippen LogP contribution is -2.31. The van der Waals surface area contributed by atoms with Crippen LogP contribution in [0.3, 0.4) is 0 Å². The van der Waals surface area contributed by atoms with Crippen molar-refractivity contribution in [2.24, 2.45) is 7.05 Å². The zero-order valence-corrected chi connectivity index (χ0v) is 13.6. The van der Waals surface area contributed by atoms with E-state index in [9.17, 15) is 4.79 Å². The van der Waals surface area contributed by atoms with Gasteiger partial charge in [-0.1, -0.05) is 13.8 Å². The Bertz CT molecular complexity index is 606. The Hall–Kier alpha value is -1.89. The number of anilines is 1. The summed E-state index contributed by atoms with van der Waals surface area (Å²) in [5.74, 6) is 0.411. The zero-order chi connectivity index (χ0) is 15.4. The fourth-order valence-electron chi connectivity index (χ4n) is 1.86. The molecule has 0 aliphatic heterocycles. The van der Waals surface area contributed by atoms with Crippen LogP contribution in [0.1, 0.15) is 50.4 Å². The summed E-state index contributed by atoms with van der Waals surface area (Å²) in [7, 11) is 1.85. The predicted molar refractivity (Wildman–Crippen MR) is 84.6 cm³/mol. The Labute approximate surface area is 128 Å². The van der Waals surface area contributed by atoms with Crippen LogP contribution in [0, 0.1) is 0 Å². The van der Waals surface area contributed by atoms with Gasteiger partial charge in [-0.25, -0.2) is 9.78 Å². The predicted octanol–water partition coefficient (Wildman–Crippen LogP) is 3.27. The molecular formula is C14H21N5OS. The molecule has 0 radical (unpaired) electrons. The fourth-order valence-corrected chi connectivity index (χ4v) is 2.68. The second-order valence-electron chi connectivity index (χ2n) is 5.15. The van der Waals surface area contributed by atoms with Crippen LogP contribution in [0.2, 0.25) is 0 Å². The summed E-state index contributed by atoms with van der Waals surface area (Å²) in [5.41, 5.74) is 1.99. The number of aryl methyl sites for hydroxylation is 1. The van der Waals surface area contributed by atoms with Crippen molar-refractivity contribution < 1.29 is 4.79 Å².